The molecule has 0 unspecified atom stereocenters. The summed E-state index contributed by atoms with van der Waals surface area (Å²) in [5.74, 6) is 0.843. The van der Waals surface area contributed by atoms with Crippen molar-refractivity contribution in [3.8, 4) is 0 Å². The van der Waals surface area contributed by atoms with E-state index in [0.29, 0.717) is 0 Å². The Bertz CT molecular complexity index is 198. The molecule has 0 aromatic carbocycles. The van der Waals surface area contributed by atoms with Crippen LogP contribution in [-0.2, 0) is 0 Å². The lowest BCUT2D eigenvalue weighted by atomic mass is 10.0. The van der Waals surface area contributed by atoms with Gasteiger partial charge in [-0.25, -0.2) is 0 Å². The van der Waals surface area contributed by atoms with E-state index < -0.39 is 0 Å². The van der Waals surface area contributed by atoms with E-state index in [1.807, 2.05) is 0 Å². The molecule has 21 heavy (non-hydrogen) atoms. The highest BCUT2D eigenvalue weighted by molar-refractivity contribution is 6.17. The summed E-state index contributed by atoms with van der Waals surface area (Å²) in [5.41, 5.74) is 0. The second-order valence-corrected chi connectivity index (χ2v) is 8.03. The van der Waals surface area contributed by atoms with Gasteiger partial charge in [0.1, 0.15) is 0 Å². The van der Waals surface area contributed by atoms with E-state index in [2.05, 4.69) is 21.1 Å². The standard InChI is InChI=1S/C19H41ClN/c1-21(2,3)19-17-15-13-11-9-7-5-4-6-8-10-12-14-16-18-20/h4-19H2,1-3H3/q+1. The van der Waals surface area contributed by atoms with Gasteiger partial charge in [0.25, 0.3) is 0 Å². The van der Waals surface area contributed by atoms with Gasteiger partial charge in [0.05, 0.1) is 27.7 Å². The highest BCUT2D eigenvalue weighted by Gasteiger charge is 2.04. The molecule has 0 radical (unpaired) electrons. The zero-order chi connectivity index (χ0) is 15.8. The SMILES string of the molecule is C[N+](C)(C)CCCCCCCCCCCCCCCCCl. The molecule has 0 saturated heterocycles. The number of quaternary nitrogens is 1. The van der Waals surface area contributed by atoms with Crippen LogP contribution in [0.2, 0.25) is 0 Å². The van der Waals surface area contributed by atoms with Crippen molar-refractivity contribution < 1.29 is 4.48 Å². The van der Waals surface area contributed by atoms with Crippen LogP contribution in [0.3, 0.4) is 0 Å². The van der Waals surface area contributed by atoms with Gasteiger partial charge >= 0.3 is 0 Å². The van der Waals surface area contributed by atoms with Crippen LogP contribution in [-0.4, -0.2) is 38.1 Å². The quantitative estimate of drug-likeness (QED) is 0.176. The van der Waals surface area contributed by atoms with Crippen LogP contribution in [0.4, 0.5) is 0 Å². The lowest BCUT2D eigenvalue weighted by Gasteiger charge is -2.23. The van der Waals surface area contributed by atoms with Crippen LogP contribution in [0.5, 0.6) is 0 Å². The van der Waals surface area contributed by atoms with Crippen molar-refractivity contribution in [2.75, 3.05) is 33.6 Å². The van der Waals surface area contributed by atoms with Gasteiger partial charge in [-0.1, -0.05) is 70.6 Å². The molecular weight excluding hydrogens is 278 g/mol. The van der Waals surface area contributed by atoms with E-state index in [0.717, 1.165) is 10.4 Å². The van der Waals surface area contributed by atoms with Crippen molar-refractivity contribution in [3.63, 3.8) is 0 Å². The fraction of sp³-hybridized carbons (Fsp3) is 1.00. The third kappa shape index (κ3) is 20.2. The first kappa shape index (κ1) is 21.2. The molecule has 0 amide bonds. The number of unbranched alkanes of at least 4 members (excludes halogenated alkanes) is 13. The molecule has 0 aliphatic rings. The summed E-state index contributed by atoms with van der Waals surface area (Å²) in [6, 6.07) is 0. The summed E-state index contributed by atoms with van der Waals surface area (Å²) in [7, 11) is 6.87. The Morgan fingerprint density at radius 3 is 1.05 bits per heavy atom. The maximum Gasteiger partial charge on any atom is 0.0780 e. The molecule has 0 atom stereocenters. The summed E-state index contributed by atoms with van der Waals surface area (Å²) in [6.07, 6.45) is 19.8. The third-order valence-electron chi connectivity index (χ3n) is 4.21. The van der Waals surface area contributed by atoms with Crippen LogP contribution >= 0.6 is 11.6 Å². The summed E-state index contributed by atoms with van der Waals surface area (Å²) >= 11 is 5.67. The molecule has 0 aliphatic carbocycles. The minimum atomic E-state index is 0.843. The molecular formula is C19H41ClN+. The van der Waals surface area contributed by atoms with Crippen molar-refractivity contribution >= 4 is 11.6 Å². The molecule has 0 bridgehead atoms. The molecule has 0 fully saturated rings. The molecule has 1 nitrogen and oxygen atoms in total. The predicted molar refractivity (Wildman–Crippen MR) is 98.3 cm³/mol. The van der Waals surface area contributed by atoms with Gasteiger partial charge in [0, 0.05) is 5.88 Å². The number of hydrogen-bond donors (Lipinski definition) is 0. The van der Waals surface area contributed by atoms with Crippen LogP contribution in [0, 0.1) is 0 Å². The number of alkyl halides is 1. The van der Waals surface area contributed by atoms with Gasteiger partial charge in [0.15, 0.2) is 0 Å². The van der Waals surface area contributed by atoms with E-state index >= 15 is 0 Å². The van der Waals surface area contributed by atoms with Crippen LogP contribution in [0.1, 0.15) is 89.9 Å². The van der Waals surface area contributed by atoms with Crippen molar-refractivity contribution in [2.24, 2.45) is 0 Å². The molecule has 0 heterocycles. The Hall–Kier alpha value is 0.250. The maximum absolute atomic E-state index is 5.67. The van der Waals surface area contributed by atoms with E-state index in [1.54, 1.807) is 0 Å². The molecule has 0 saturated carbocycles. The Morgan fingerprint density at radius 1 is 0.476 bits per heavy atom. The number of halogens is 1. The minimum absolute atomic E-state index is 0.843. The molecule has 0 aromatic heterocycles. The maximum atomic E-state index is 5.67. The lowest BCUT2D eigenvalue weighted by molar-refractivity contribution is -0.870. The topological polar surface area (TPSA) is 0 Å². The van der Waals surface area contributed by atoms with Gasteiger partial charge in [0.2, 0.25) is 0 Å². The Labute approximate surface area is 140 Å². The first-order valence-corrected chi connectivity index (χ1v) is 9.96. The number of rotatable bonds is 16. The van der Waals surface area contributed by atoms with Crippen molar-refractivity contribution in [3.05, 3.63) is 0 Å². The fourth-order valence-corrected chi connectivity index (χ4v) is 2.99. The zero-order valence-corrected chi connectivity index (χ0v) is 15.9. The Kier molecular flexibility index (Phi) is 15.3. The van der Waals surface area contributed by atoms with Gasteiger partial charge in [-0.2, -0.15) is 0 Å². The predicted octanol–water partition coefficient (Wildman–Crippen LogP) is 6.39. The Morgan fingerprint density at radius 2 is 0.762 bits per heavy atom. The summed E-state index contributed by atoms with van der Waals surface area (Å²) in [6.45, 7) is 1.32. The van der Waals surface area contributed by atoms with Gasteiger partial charge in [-0.3, -0.25) is 0 Å². The Balaban J connectivity index is 3.00. The molecule has 2 heteroatoms. The molecule has 0 aromatic rings. The van der Waals surface area contributed by atoms with Crippen LogP contribution in [0.25, 0.3) is 0 Å². The van der Waals surface area contributed by atoms with E-state index in [1.165, 1.54) is 96.4 Å². The molecule has 0 spiro atoms. The van der Waals surface area contributed by atoms with Crippen molar-refractivity contribution in [1.82, 2.24) is 0 Å². The summed E-state index contributed by atoms with van der Waals surface area (Å²) < 4.78 is 1.12. The summed E-state index contributed by atoms with van der Waals surface area (Å²) in [4.78, 5) is 0. The first-order chi connectivity index (χ1) is 10.1. The van der Waals surface area contributed by atoms with Gasteiger partial charge < -0.3 is 4.48 Å². The van der Waals surface area contributed by atoms with Gasteiger partial charge in [-0.15, -0.1) is 11.6 Å². The molecule has 0 rings (SSSR count). The number of hydrogen-bond acceptors (Lipinski definition) is 0. The third-order valence-corrected chi connectivity index (χ3v) is 4.48. The highest BCUT2D eigenvalue weighted by atomic mass is 35.5. The lowest BCUT2D eigenvalue weighted by Crippen LogP contribution is -2.35. The zero-order valence-electron chi connectivity index (χ0n) is 15.1. The molecule has 0 aliphatic heterocycles. The fourth-order valence-electron chi connectivity index (χ4n) is 2.80. The van der Waals surface area contributed by atoms with E-state index in [4.69, 9.17) is 11.6 Å². The van der Waals surface area contributed by atoms with Gasteiger partial charge in [-0.05, 0) is 19.3 Å². The van der Waals surface area contributed by atoms with E-state index in [-0.39, 0.29) is 0 Å². The van der Waals surface area contributed by atoms with E-state index in [9.17, 15) is 0 Å². The monoisotopic (exact) mass is 318 g/mol. The first-order valence-electron chi connectivity index (χ1n) is 9.43. The second-order valence-electron chi connectivity index (χ2n) is 7.65. The van der Waals surface area contributed by atoms with Crippen molar-refractivity contribution in [2.45, 2.75) is 89.9 Å². The normalized spacial score (nSPS) is 12.0. The van der Waals surface area contributed by atoms with Crippen LogP contribution in [0.15, 0.2) is 0 Å². The highest BCUT2D eigenvalue weighted by Crippen LogP contribution is 2.13. The second kappa shape index (κ2) is 15.2. The molecule has 128 valence electrons. The average molecular weight is 319 g/mol. The average Bonchev–Trinajstić information content (AvgIpc) is 2.42. The molecule has 0 N–H and O–H groups in total. The van der Waals surface area contributed by atoms with Crippen molar-refractivity contribution in [1.29, 1.82) is 0 Å². The summed E-state index contributed by atoms with van der Waals surface area (Å²) in [5, 5.41) is 0. The number of nitrogens with zero attached hydrogens (tertiary/aromatic N) is 1. The van der Waals surface area contributed by atoms with Crippen LogP contribution < -0.4 is 0 Å². The smallest absolute Gasteiger partial charge is 0.0780 e. The minimum Gasteiger partial charge on any atom is -0.331 e. The largest absolute Gasteiger partial charge is 0.331 e.